The lowest BCUT2D eigenvalue weighted by Gasteiger charge is -2.26. The fourth-order valence-corrected chi connectivity index (χ4v) is 5.37. The van der Waals surface area contributed by atoms with Crippen LogP contribution in [0.4, 0.5) is 17.1 Å². The Morgan fingerprint density at radius 3 is 2.08 bits per heavy atom. The van der Waals surface area contributed by atoms with Gasteiger partial charge in [0.1, 0.15) is 18.0 Å². The number of carbonyl (C=O) groups is 1. The summed E-state index contributed by atoms with van der Waals surface area (Å²) >= 11 is 0. The van der Waals surface area contributed by atoms with Gasteiger partial charge in [-0.15, -0.1) is 0 Å². The van der Waals surface area contributed by atoms with Crippen LogP contribution in [0.15, 0.2) is 77.7 Å². The predicted molar refractivity (Wildman–Crippen MR) is 142 cm³/mol. The molecule has 0 unspecified atom stereocenters. The molecule has 0 aromatic heterocycles. The molecule has 0 fully saturated rings. The molecule has 0 atom stereocenters. The van der Waals surface area contributed by atoms with Gasteiger partial charge in [0.25, 0.3) is 10.0 Å². The lowest BCUT2D eigenvalue weighted by atomic mass is 10.3. The highest BCUT2D eigenvalue weighted by atomic mass is 32.2. The van der Waals surface area contributed by atoms with Crippen molar-refractivity contribution >= 4 is 43.2 Å². The number of para-hydroxylation sites is 1. The molecule has 3 aromatic carbocycles. The second kappa shape index (κ2) is 11.5. The summed E-state index contributed by atoms with van der Waals surface area (Å²) < 4.78 is 66.2. The van der Waals surface area contributed by atoms with Gasteiger partial charge < -0.3 is 14.8 Å². The van der Waals surface area contributed by atoms with Crippen molar-refractivity contribution in [3.05, 3.63) is 72.8 Å². The van der Waals surface area contributed by atoms with Gasteiger partial charge in [-0.3, -0.25) is 9.52 Å². The quantitative estimate of drug-likeness (QED) is 0.376. The maximum absolute atomic E-state index is 12.9. The first-order valence-corrected chi connectivity index (χ1v) is 13.8. The van der Waals surface area contributed by atoms with Gasteiger partial charge in [-0.05, 0) is 48.5 Å². The minimum absolute atomic E-state index is 0.0588. The van der Waals surface area contributed by atoms with Crippen LogP contribution in [0.3, 0.4) is 0 Å². The summed E-state index contributed by atoms with van der Waals surface area (Å²) in [4.78, 5) is 12.7. The Kier molecular flexibility index (Phi) is 8.63. The maximum Gasteiger partial charge on any atom is 0.304 e. The van der Waals surface area contributed by atoms with Crippen LogP contribution in [0.25, 0.3) is 0 Å². The Morgan fingerprint density at radius 2 is 1.51 bits per heavy atom. The highest BCUT2D eigenvalue weighted by molar-refractivity contribution is 7.92. The number of hydrogen-bond acceptors (Lipinski definition) is 7. The molecular formula is C24H28N4O7S2. The number of anilines is 3. The van der Waals surface area contributed by atoms with E-state index in [4.69, 9.17) is 9.47 Å². The molecule has 0 aliphatic carbocycles. The Labute approximate surface area is 216 Å². The number of carbonyl (C=O) groups excluding carboxylic acids is 1. The molecule has 0 spiro atoms. The third kappa shape index (κ3) is 6.70. The standard InChI is InChI=1S/C24H28N4O7S2/c1-27(2)37(32,33)28(19-8-6-5-7-9-19)17-24(29)25-18-10-13-21(14-11-18)36(30,31)26-22-16-20(34-3)12-15-23(22)35-4/h5-16,26H,17H2,1-4H3,(H,25,29). The molecule has 0 saturated heterocycles. The molecule has 37 heavy (non-hydrogen) atoms. The fraction of sp³-hybridized carbons (Fsp3) is 0.208. The molecule has 13 heteroatoms. The lowest BCUT2D eigenvalue weighted by molar-refractivity contribution is -0.114. The van der Waals surface area contributed by atoms with Crippen LogP contribution in [0.1, 0.15) is 0 Å². The molecule has 3 aromatic rings. The topological polar surface area (TPSA) is 134 Å². The molecule has 0 aliphatic rings. The van der Waals surface area contributed by atoms with Crippen molar-refractivity contribution in [2.45, 2.75) is 4.90 Å². The fourth-order valence-electron chi connectivity index (χ4n) is 3.24. The minimum atomic E-state index is -3.99. The van der Waals surface area contributed by atoms with Gasteiger partial charge in [0.15, 0.2) is 0 Å². The number of sulfonamides is 1. The highest BCUT2D eigenvalue weighted by Crippen LogP contribution is 2.31. The number of rotatable bonds is 11. The summed E-state index contributed by atoms with van der Waals surface area (Å²) in [6.07, 6.45) is 0. The largest absolute Gasteiger partial charge is 0.497 e. The number of nitrogens with zero attached hydrogens (tertiary/aromatic N) is 2. The van der Waals surface area contributed by atoms with Crippen LogP contribution < -0.4 is 23.8 Å². The second-order valence-electron chi connectivity index (χ2n) is 7.88. The average molecular weight is 549 g/mol. The summed E-state index contributed by atoms with van der Waals surface area (Å²) in [7, 11) is -2.32. The van der Waals surface area contributed by atoms with Crippen LogP contribution in [-0.4, -0.2) is 61.9 Å². The first-order valence-electron chi connectivity index (χ1n) is 10.9. The number of nitrogens with one attached hydrogen (secondary N) is 2. The first-order chi connectivity index (χ1) is 17.5. The number of ether oxygens (including phenoxy) is 2. The van der Waals surface area contributed by atoms with Gasteiger partial charge in [0, 0.05) is 25.8 Å². The first kappa shape index (κ1) is 27.8. The molecule has 198 valence electrons. The van der Waals surface area contributed by atoms with E-state index in [2.05, 4.69) is 10.0 Å². The zero-order chi connectivity index (χ0) is 27.2. The van der Waals surface area contributed by atoms with Crippen LogP contribution in [0.5, 0.6) is 11.5 Å². The van der Waals surface area contributed by atoms with Crippen molar-refractivity contribution < 1.29 is 31.1 Å². The van der Waals surface area contributed by atoms with E-state index in [1.54, 1.807) is 42.5 Å². The van der Waals surface area contributed by atoms with Crippen molar-refractivity contribution in [2.75, 3.05) is 49.2 Å². The monoisotopic (exact) mass is 548 g/mol. The van der Waals surface area contributed by atoms with Crippen molar-refractivity contribution in [3.8, 4) is 11.5 Å². The van der Waals surface area contributed by atoms with Crippen LogP contribution in [0, 0.1) is 0 Å². The summed E-state index contributed by atoms with van der Waals surface area (Å²) in [5.41, 5.74) is 0.812. The number of benzene rings is 3. The zero-order valence-electron chi connectivity index (χ0n) is 20.7. The Hall–Kier alpha value is -3.81. The predicted octanol–water partition coefficient (Wildman–Crippen LogP) is 2.76. The molecule has 3 rings (SSSR count). The normalized spacial score (nSPS) is 11.6. The van der Waals surface area contributed by atoms with E-state index in [-0.39, 0.29) is 16.3 Å². The molecule has 0 aliphatic heterocycles. The molecular weight excluding hydrogens is 520 g/mol. The molecule has 1 amide bonds. The molecule has 0 saturated carbocycles. The van der Waals surface area contributed by atoms with E-state index in [9.17, 15) is 21.6 Å². The summed E-state index contributed by atoms with van der Waals surface area (Å²) in [6.45, 7) is -0.484. The van der Waals surface area contributed by atoms with Gasteiger partial charge in [-0.25, -0.2) is 12.7 Å². The van der Waals surface area contributed by atoms with E-state index in [0.717, 1.165) is 8.61 Å². The smallest absolute Gasteiger partial charge is 0.304 e. The van der Waals surface area contributed by atoms with Gasteiger partial charge in [0.05, 0.1) is 30.5 Å². The Bertz CT molecular complexity index is 1440. The number of amides is 1. The molecule has 0 heterocycles. The third-order valence-electron chi connectivity index (χ3n) is 5.17. The SMILES string of the molecule is COc1ccc(OC)c(NS(=O)(=O)c2ccc(NC(=O)CN(c3ccccc3)S(=O)(=O)N(C)C)cc2)c1. The van der Waals surface area contributed by atoms with Crippen molar-refractivity contribution in [1.82, 2.24) is 4.31 Å². The maximum atomic E-state index is 12.9. The Morgan fingerprint density at radius 1 is 0.865 bits per heavy atom. The van der Waals surface area contributed by atoms with E-state index in [0.29, 0.717) is 17.2 Å². The van der Waals surface area contributed by atoms with E-state index in [1.165, 1.54) is 58.6 Å². The lowest BCUT2D eigenvalue weighted by Crippen LogP contribution is -2.44. The molecule has 2 N–H and O–H groups in total. The van der Waals surface area contributed by atoms with Gasteiger partial charge >= 0.3 is 10.2 Å². The molecule has 0 bridgehead atoms. The average Bonchev–Trinajstić information content (AvgIpc) is 2.87. The molecule has 0 radical (unpaired) electrons. The number of hydrogen-bond donors (Lipinski definition) is 2. The van der Waals surface area contributed by atoms with Gasteiger partial charge in [-0.2, -0.15) is 12.7 Å². The second-order valence-corrected chi connectivity index (χ2v) is 11.6. The highest BCUT2D eigenvalue weighted by Gasteiger charge is 2.27. The van der Waals surface area contributed by atoms with Gasteiger partial charge in [0.2, 0.25) is 5.91 Å². The zero-order valence-corrected chi connectivity index (χ0v) is 22.3. The van der Waals surface area contributed by atoms with Crippen molar-refractivity contribution in [2.24, 2.45) is 0 Å². The summed E-state index contributed by atoms with van der Waals surface area (Å²) in [5.74, 6) is 0.144. The molecule has 11 nitrogen and oxygen atoms in total. The van der Waals surface area contributed by atoms with Gasteiger partial charge in [-0.1, -0.05) is 18.2 Å². The van der Waals surface area contributed by atoms with Crippen LogP contribution in [0.2, 0.25) is 0 Å². The minimum Gasteiger partial charge on any atom is -0.497 e. The Balaban J connectivity index is 1.76. The van der Waals surface area contributed by atoms with Crippen LogP contribution >= 0.6 is 0 Å². The summed E-state index contributed by atoms with van der Waals surface area (Å²) in [5, 5.41) is 2.60. The summed E-state index contributed by atoms with van der Waals surface area (Å²) in [6, 6.07) is 18.4. The van der Waals surface area contributed by atoms with E-state index >= 15 is 0 Å². The number of methoxy groups -OCH3 is 2. The third-order valence-corrected chi connectivity index (χ3v) is 8.37. The van der Waals surface area contributed by atoms with Crippen LogP contribution in [-0.2, 0) is 25.0 Å². The van der Waals surface area contributed by atoms with Crippen molar-refractivity contribution in [3.63, 3.8) is 0 Å². The van der Waals surface area contributed by atoms with Crippen molar-refractivity contribution in [1.29, 1.82) is 0 Å². The van der Waals surface area contributed by atoms with E-state index in [1.807, 2.05) is 0 Å². The van der Waals surface area contributed by atoms with E-state index < -0.39 is 32.7 Å².